The summed E-state index contributed by atoms with van der Waals surface area (Å²) in [5.41, 5.74) is 0.0451. The Morgan fingerprint density at radius 1 is 1.00 bits per heavy atom. The molecule has 0 aromatic heterocycles. The Morgan fingerprint density at radius 2 is 1.62 bits per heavy atom. The van der Waals surface area contributed by atoms with E-state index in [1.54, 1.807) is 26.0 Å². The summed E-state index contributed by atoms with van der Waals surface area (Å²) in [5, 5.41) is 0.701. The Kier molecular flexibility index (Phi) is 7.34. The van der Waals surface area contributed by atoms with E-state index < -0.39 is 5.60 Å². The normalized spacial score (nSPS) is 12.9. The van der Waals surface area contributed by atoms with Gasteiger partial charge in [-0.1, -0.05) is 37.1 Å². The van der Waals surface area contributed by atoms with Gasteiger partial charge in [-0.15, -0.1) is 0 Å². The average Bonchev–Trinajstić information content (AvgIpc) is 2.63. The molecule has 0 aliphatic rings. The van der Waals surface area contributed by atoms with Crippen LogP contribution in [0.4, 0.5) is 0 Å². The average molecular weight is 377 g/mol. The topological polar surface area (TPSA) is 44.8 Å². The third-order valence-electron chi connectivity index (χ3n) is 3.92. The summed E-state index contributed by atoms with van der Waals surface area (Å²) >= 11 is 5.88. The van der Waals surface area contributed by atoms with Gasteiger partial charge >= 0.3 is 5.97 Å². The first kappa shape index (κ1) is 20.1. The number of halogens is 1. The zero-order chi connectivity index (χ0) is 19.0. The number of esters is 1. The lowest BCUT2D eigenvalue weighted by atomic mass is 10.0. The molecule has 5 heteroatoms. The minimum atomic E-state index is -0.990. The maximum atomic E-state index is 12.2. The fourth-order valence-electron chi connectivity index (χ4n) is 2.57. The van der Waals surface area contributed by atoms with Gasteiger partial charge in [-0.05, 0) is 62.2 Å². The standard InChI is InChI=1S/C21H25ClO4/c1-4-14-21(3,20(23)24-5-2)26-19-12-10-18(11-13-19)25-15-16-6-8-17(22)9-7-16/h6-13H,4-5,14-15H2,1-3H3. The van der Waals surface area contributed by atoms with Crippen LogP contribution in [0.1, 0.15) is 39.2 Å². The summed E-state index contributed by atoms with van der Waals surface area (Å²) in [6.45, 7) is 6.35. The molecule has 2 aromatic rings. The molecule has 1 unspecified atom stereocenters. The molecular formula is C21H25ClO4. The Balaban J connectivity index is 1.98. The molecule has 0 N–H and O–H groups in total. The van der Waals surface area contributed by atoms with E-state index in [2.05, 4.69) is 0 Å². The SMILES string of the molecule is CCCC(C)(Oc1ccc(OCc2ccc(Cl)cc2)cc1)C(=O)OCC. The monoisotopic (exact) mass is 376 g/mol. The second-order valence-electron chi connectivity index (χ2n) is 6.19. The smallest absolute Gasteiger partial charge is 0.350 e. The summed E-state index contributed by atoms with van der Waals surface area (Å²) < 4.78 is 16.9. The predicted molar refractivity (Wildman–Crippen MR) is 103 cm³/mol. The van der Waals surface area contributed by atoms with E-state index in [9.17, 15) is 4.79 Å². The minimum absolute atomic E-state index is 0.332. The van der Waals surface area contributed by atoms with Crippen LogP contribution in [0.15, 0.2) is 48.5 Å². The molecule has 0 aliphatic carbocycles. The van der Waals surface area contributed by atoms with Crippen LogP contribution in [-0.2, 0) is 16.1 Å². The van der Waals surface area contributed by atoms with Crippen molar-refractivity contribution >= 4 is 17.6 Å². The van der Waals surface area contributed by atoms with Crippen LogP contribution in [0, 0.1) is 0 Å². The highest BCUT2D eigenvalue weighted by Crippen LogP contribution is 2.26. The molecule has 0 heterocycles. The third-order valence-corrected chi connectivity index (χ3v) is 4.17. The molecule has 0 amide bonds. The van der Waals surface area contributed by atoms with E-state index in [0.29, 0.717) is 30.4 Å². The van der Waals surface area contributed by atoms with Crippen molar-refractivity contribution in [2.45, 2.75) is 45.8 Å². The number of hydrogen-bond donors (Lipinski definition) is 0. The third kappa shape index (κ3) is 5.67. The van der Waals surface area contributed by atoms with Gasteiger partial charge in [0.15, 0.2) is 0 Å². The molecular weight excluding hydrogens is 352 g/mol. The van der Waals surface area contributed by atoms with E-state index in [4.69, 9.17) is 25.8 Å². The van der Waals surface area contributed by atoms with Crippen molar-refractivity contribution in [3.63, 3.8) is 0 Å². The molecule has 140 valence electrons. The van der Waals surface area contributed by atoms with Gasteiger partial charge < -0.3 is 14.2 Å². The van der Waals surface area contributed by atoms with Crippen molar-refractivity contribution in [3.05, 3.63) is 59.1 Å². The summed E-state index contributed by atoms with van der Waals surface area (Å²) in [4.78, 5) is 12.2. The van der Waals surface area contributed by atoms with Gasteiger partial charge in [-0.2, -0.15) is 0 Å². The number of benzene rings is 2. The Hall–Kier alpha value is -2.20. The summed E-state index contributed by atoms with van der Waals surface area (Å²) in [7, 11) is 0. The Bertz CT molecular complexity index is 697. The summed E-state index contributed by atoms with van der Waals surface area (Å²) in [6, 6.07) is 14.8. The first-order valence-corrected chi connectivity index (χ1v) is 9.18. The maximum absolute atomic E-state index is 12.2. The first-order valence-electron chi connectivity index (χ1n) is 8.80. The largest absolute Gasteiger partial charge is 0.489 e. The molecule has 0 saturated heterocycles. The van der Waals surface area contributed by atoms with E-state index >= 15 is 0 Å². The first-order chi connectivity index (χ1) is 12.5. The molecule has 0 bridgehead atoms. The highest BCUT2D eigenvalue weighted by molar-refractivity contribution is 6.30. The van der Waals surface area contributed by atoms with E-state index in [0.717, 1.165) is 17.7 Å². The van der Waals surface area contributed by atoms with Crippen LogP contribution in [0.2, 0.25) is 5.02 Å². The lowest BCUT2D eigenvalue weighted by Gasteiger charge is -2.28. The molecule has 0 radical (unpaired) electrons. The minimum Gasteiger partial charge on any atom is -0.489 e. The number of rotatable bonds is 9. The van der Waals surface area contributed by atoms with Gasteiger partial charge in [0.05, 0.1) is 6.61 Å². The van der Waals surface area contributed by atoms with Crippen molar-refractivity contribution in [1.82, 2.24) is 0 Å². The van der Waals surface area contributed by atoms with Crippen LogP contribution in [0.5, 0.6) is 11.5 Å². The van der Waals surface area contributed by atoms with Crippen molar-refractivity contribution < 1.29 is 19.0 Å². The van der Waals surface area contributed by atoms with Gasteiger partial charge in [0, 0.05) is 5.02 Å². The molecule has 26 heavy (non-hydrogen) atoms. The van der Waals surface area contributed by atoms with Crippen LogP contribution in [0.3, 0.4) is 0 Å². The lowest BCUT2D eigenvalue weighted by molar-refractivity contribution is -0.160. The molecule has 1 atom stereocenters. The molecule has 0 spiro atoms. The Labute approximate surface area is 160 Å². The van der Waals surface area contributed by atoms with Crippen LogP contribution >= 0.6 is 11.6 Å². The highest BCUT2D eigenvalue weighted by Gasteiger charge is 2.36. The van der Waals surface area contributed by atoms with Gasteiger partial charge in [-0.3, -0.25) is 0 Å². The molecule has 0 aliphatic heterocycles. The van der Waals surface area contributed by atoms with Gasteiger partial charge in [-0.25, -0.2) is 4.79 Å². The molecule has 4 nitrogen and oxygen atoms in total. The van der Waals surface area contributed by atoms with Crippen LogP contribution in [-0.4, -0.2) is 18.2 Å². The van der Waals surface area contributed by atoms with Crippen molar-refractivity contribution in [1.29, 1.82) is 0 Å². The van der Waals surface area contributed by atoms with Gasteiger partial charge in [0.1, 0.15) is 18.1 Å². The molecule has 2 aromatic carbocycles. The van der Waals surface area contributed by atoms with Crippen molar-refractivity contribution in [2.75, 3.05) is 6.61 Å². The van der Waals surface area contributed by atoms with Gasteiger partial charge in [0.2, 0.25) is 5.60 Å². The van der Waals surface area contributed by atoms with Gasteiger partial charge in [0.25, 0.3) is 0 Å². The zero-order valence-corrected chi connectivity index (χ0v) is 16.2. The predicted octanol–water partition coefficient (Wildman–Crippen LogP) is 5.42. The second-order valence-corrected chi connectivity index (χ2v) is 6.63. The maximum Gasteiger partial charge on any atom is 0.350 e. The van der Waals surface area contributed by atoms with Crippen molar-refractivity contribution in [2.24, 2.45) is 0 Å². The molecule has 2 rings (SSSR count). The lowest BCUT2D eigenvalue weighted by Crippen LogP contribution is -2.42. The number of hydrogen-bond acceptors (Lipinski definition) is 4. The number of carbonyl (C=O) groups excluding carboxylic acids is 1. The second kappa shape index (κ2) is 9.48. The Morgan fingerprint density at radius 3 is 2.19 bits per heavy atom. The summed E-state index contributed by atoms with van der Waals surface area (Å²) in [5.74, 6) is 0.985. The fraction of sp³-hybridized carbons (Fsp3) is 0.381. The number of ether oxygens (including phenoxy) is 3. The van der Waals surface area contributed by atoms with Crippen LogP contribution < -0.4 is 9.47 Å². The van der Waals surface area contributed by atoms with E-state index in [1.165, 1.54) is 0 Å². The van der Waals surface area contributed by atoms with Crippen molar-refractivity contribution in [3.8, 4) is 11.5 Å². The summed E-state index contributed by atoms with van der Waals surface area (Å²) in [6.07, 6.45) is 1.40. The molecule has 0 fully saturated rings. The van der Waals surface area contributed by atoms with E-state index in [1.807, 2.05) is 43.3 Å². The number of carbonyl (C=O) groups is 1. The highest BCUT2D eigenvalue weighted by atomic mass is 35.5. The quantitative estimate of drug-likeness (QED) is 0.548. The zero-order valence-electron chi connectivity index (χ0n) is 15.5. The van der Waals surface area contributed by atoms with E-state index in [-0.39, 0.29) is 5.97 Å². The fourth-order valence-corrected chi connectivity index (χ4v) is 2.69. The molecule has 0 saturated carbocycles. The van der Waals surface area contributed by atoms with Crippen LogP contribution in [0.25, 0.3) is 0 Å².